The smallest absolute Gasteiger partial charge is 0.387 e. The molecule has 3 aromatic rings. The lowest BCUT2D eigenvalue weighted by Gasteiger charge is -2.05. The van der Waals surface area contributed by atoms with Crippen LogP contribution in [0.2, 0.25) is 0 Å². The third-order valence-corrected chi connectivity index (χ3v) is 4.22. The predicted octanol–water partition coefficient (Wildman–Crippen LogP) is 4.28. The summed E-state index contributed by atoms with van der Waals surface area (Å²) in [6.45, 7) is 1.26. The van der Waals surface area contributed by atoms with Gasteiger partial charge < -0.3 is 4.74 Å². The number of hydrogen-bond donors (Lipinski definition) is 0. The highest BCUT2D eigenvalue weighted by Gasteiger charge is 2.11. The van der Waals surface area contributed by atoms with Crippen LogP contribution >= 0.6 is 11.3 Å². The first-order valence-electron chi connectivity index (χ1n) is 6.05. The first-order chi connectivity index (χ1) is 9.54. The van der Waals surface area contributed by atoms with E-state index in [0.717, 1.165) is 21.9 Å². The molecular weight excluding hydrogens is 282 g/mol. The summed E-state index contributed by atoms with van der Waals surface area (Å²) in [5.41, 5.74) is 2.65. The van der Waals surface area contributed by atoms with Crippen molar-refractivity contribution in [3.63, 3.8) is 0 Å². The van der Waals surface area contributed by atoms with Gasteiger partial charge in [0.25, 0.3) is 0 Å². The normalized spacial score (nSPS) is 11.4. The second kappa shape index (κ2) is 4.86. The third kappa shape index (κ3) is 2.27. The maximum atomic E-state index is 12.2. The Morgan fingerprint density at radius 2 is 2.10 bits per heavy atom. The van der Waals surface area contributed by atoms with Gasteiger partial charge in [0.1, 0.15) is 5.75 Å². The van der Waals surface area contributed by atoms with Gasteiger partial charge in [0.2, 0.25) is 0 Å². The number of aromatic nitrogens is 2. The van der Waals surface area contributed by atoms with Gasteiger partial charge in [-0.2, -0.15) is 8.78 Å². The van der Waals surface area contributed by atoms with E-state index < -0.39 is 6.61 Å². The van der Waals surface area contributed by atoms with Crippen molar-refractivity contribution >= 4 is 16.3 Å². The SMILES string of the molecule is Cc1sc2nc(-c3cccc(OC(F)F)c3)cn2c1C. The molecule has 0 amide bonds. The van der Waals surface area contributed by atoms with Crippen LogP contribution < -0.4 is 4.74 Å². The summed E-state index contributed by atoms with van der Waals surface area (Å²) in [6, 6.07) is 6.58. The first kappa shape index (κ1) is 13.1. The lowest BCUT2D eigenvalue weighted by Crippen LogP contribution is -2.01. The maximum Gasteiger partial charge on any atom is 0.387 e. The molecule has 0 bridgehead atoms. The van der Waals surface area contributed by atoms with Crippen LogP contribution in [-0.2, 0) is 0 Å². The summed E-state index contributed by atoms with van der Waals surface area (Å²) in [6.07, 6.45) is 1.91. The Morgan fingerprint density at radius 3 is 2.80 bits per heavy atom. The monoisotopic (exact) mass is 294 g/mol. The fourth-order valence-corrected chi connectivity index (χ4v) is 2.98. The molecule has 0 atom stereocenters. The molecule has 0 saturated heterocycles. The van der Waals surface area contributed by atoms with Gasteiger partial charge in [-0.1, -0.05) is 12.1 Å². The summed E-state index contributed by atoms with van der Waals surface area (Å²) >= 11 is 1.61. The van der Waals surface area contributed by atoms with E-state index in [0.29, 0.717) is 0 Å². The van der Waals surface area contributed by atoms with E-state index >= 15 is 0 Å². The number of nitrogens with zero attached hydrogens (tertiary/aromatic N) is 2. The number of halogens is 2. The summed E-state index contributed by atoms with van der Waals surface area (Å²) in [4.78, 5) is 6.64. The number of aryl methyl sites for hydroxylation is 2. The first-order valence-corrected chi connectivity index (χ1v) is 6.86. The highest BCUT2D eigenvalue weighted by molar-refractivity contribution is 7.17. The zero-order valence-electron chi connectivity index (χ0n) is 10.9. The zero-order valence-corrected chi connectivity index (χ0v) is 11.7. The quantitative estimate of drug-likeness (QED) is 0.720. The van der Waals surface area contributed by atoms with Crippen LogP contribution in [0.1, 0.15) is 10.6 Å². The van der Waals surface area contributed by atoms with E-state index in [1.165, 1.54) is 10.9 Å². The third-order valence-electron chi connectivity index (χ3n) is 3.14. The molecule has 0 fully saturated rings. The van der Waals surface area contributed by atoms with Crippen molar-refractivity contribution in [3.8, 4) is 17.0 Å². The Morgan fingerprint density at radius 1 is 1.30 bits per heavy atom. The molecule has 2 aromatic heterocycles. The van der Waals surface area contributed by atoms with Crippen molar-refractivity contribution in [3.05, 3.63) is 41.0 Å². The van der Waals surface area contributed by atoms with E-state index in [-0.39, 0.29) is 5.75 Å². The lowest BCUT2D eigenvalue weighted by atomic mass is 10.1. The molecule has 1 aromatic carbocycles. The summed E-state index contributed by atoms with van der Waals surface area (Å²) in [5.74, 6) is 0.141. The average molecular weight is 294 g/mol. The molecule has 3 nitrogen and oxygen atoms in total. The van der Waals surface area contributed by atoms with E-state index in [1.54, 1.807) is 23.5 Å². The second-order valence-corrected chi connectivity index (χ2v) is 5.61. The fourth-order valence-electron chi connectivity index (χ4n) is 2.03. The van der Waals surface area contributed by atoms with Gasteiger partial charge in [-0.05, 0) is 26.0 Å². The van der Waals surface area contributed by atoms with E-state index in [9.17, 15) is 8.78 Å². The Hall–Kier alpha value is -1.95. The van der Waals surface area contributed by atoms with E-state index in [1.807, 2.05) is 30.5 Å². The molecule has 0 unspecified atom stereocenters. The van der Waals surface area contributed by atoms with Crippen LogP contribution in [-0.4, -0.2) is 16.0 Å². The molecule has 6 heteroatoms. The maximum absolute atomic E-state index is 12.2. The van der Waals surface area contributed by atoms with Crippen LogP contribution in [0.5, 0.6) is 5.75 Å². The number of rotatable bonds is 3. The number of fused-ring (bicyclic) bond motifs is 1. The second-order valence-electron chi connectivity index (χ2n) is 4.43. The van der Waals surface area contributed by atoms with Crippen LogP contribution in [0.25, 0.3) is 16.2 Å². The number of hydrogen-bond acceptors (Lipinski definition) is 3. The molecule has 0 radical (unpaired) electrons. The van der Waals surface area contributed by atoms with Crippen molar-refractivity contribution in [1.29, 1.82) is 0 Å². The average Bonchev–Trinajstić information content (AvgIpc) is 2.91. The van der Waals surface area contributed by atoms with Crippen molar-refractivity contribution in [2.75, 3.05) is 0 Å². The number of benzene rings is 1. The molecule has 0 N–H and O–H groups in total. The molecular formula is C14H12F2N2OS. The Balaban J connectivity index is 2.02. The molecule has 0 saturated carbocycles. The largest absolute Gasteiger partial charge is 0.435 e. The van der Waals surface area contributed by atoms with Crippen LogP contribution in [0.3, 0.4) is 0 Å². The molecule has 0 spiro atoms. The minimum absolute atomic E-state index is 0.141. The highest BCUT2D eigenvalue weighted by atomic mass is 32.1. The Labute approximate surface area is 118 Å². The van der Waals surface area contributed by atoms with Crippen molar-refractivity contribution < 1.29 is 13.5 Å². The summed E-state index contributed by atoms with van der Waals surface area (Å²) in [7, 11) is 0. The standard InChI is InChI=1S/C14H12F2N2OS/c1-8-9(2)20-14-17-12(7-18(8)14)10-4-3-5-11(6-10)19-13(15)16/h3-7,13H,1-2H3. The van der Waals surface area contributed by atoms with Gasteiger partial charge in [-0.15, -0.1) is 11.3 Å². The topological polar surface area (TPSA) is 26.5 Å². The fraction of sp³-hybridized carbons (Fsp3) is 0.214. The molecule has 104 valence electrons. The number of imidazole rings is 1. The van der Waals surface area contributed by atoms with Crippen LogP contribution in [0.15, 0.2) is 30.5 Å². The molecule has 3 rings (SSSR count). The molecule has 2 heterocycles. The van der Waals surface area contributed by atoms with E-state index in [2.05, 4.69) is 9.72 Å². The zero-order chi connectivity index (χ0) is 14.3. The summed E-state index contributed by atoms with van der Waals surface area (Å²) in [5, 5.41) is 0. The van der Waals surface area contributed by atoms with Gasteiger partial charge >= 0.3 is 6.61 Å². The molecule has 0 aliphatic heterocycles. The van der Waals surface area contributed by atoms with Gasteiger partial charge in [0.05, 0.1) is 5.69 Å². The Bertz CT molecular complexity index is 764. The van der Waals surface area contributed by atoms with Gasteiger partial charge in [0.15, 0.2) is 4.96 Å². The molecule has 0 aliphatic carbocycles. The van der Waals surface area contributed by atoms with Gasteiger partial charge in [-0.25, -0.2) is 4.98 Å². The minimum Gasteiger partial charge on any atom is -0.435 e. The van der Waals surface area contributed by atoms with E-state index in [4.69, 9.17) is 0 Å². The highest BCUT2D eigenvalue weighted by Crippen LogP contribution is 2.28. The van der Waals surface area contributed by atoms with Crippen LogP contribution in [0.4, 0.5) is 8.78 Å². The minimum atomic E-state index is -2.82. The van der Waals surface area contributed by atoms with Crippen molar-refractivity contribution in [1.82, 2.24) is 9.38 Å². The predicted molar refractivity (Wildman–Crippen MR) is 74.6 cm³/mol. The van der Waals surface area contributed by atoms with Gasteiger partial charge in [-0.3, -0.25) is 4.40 Å². The van der Waals surface area contributed by atoms with Crippen LogP contribution in [0, 0.1) is 13.8 Å². The molecule has 20 heavy (non-hydrogen) atoms. The lowest BCUT2D eigenvalue weighted by molar-refractivity contribution is -0.0498. The number of thiazole rings is 1. The number of ether oxygens (including phenoxy) is 1. The molecule has 0 aliphatic rings. The van der Waals surface area contributed by atoms with Gasteiger partial charge in [0, 0.05) is 22.3 Å². The van der Waals surface area contributed by atoms with Crippen molar-refractivity contribution in [2.24, 2.45) is 0 Å². The number of alkyl halides is 2. The van der Waals surface area contributed by atoms with Crippen molar-refractivity contribution in [2.45, 2.75) is 20.5 Å². The summed E-state index contributed by atoms with van der Waals surface area (Å²) < 4.78 is 30.9. The Kier molecular flexibility index (Phi) is 3.17.